The molecule has 0 radical (unpaired) electrons. The van der Waals surface area contributed by atoms with E-state index in [1.165, 1.54) is 5.56 Å². The molecule has 0 heterocycles. The number of halogens is 1. The Morgan fingerprint density at radius 2 is 2.18 bits per heavy atom. The van der Waals surface area contributed by atoms with Crippen LogP contribution in [0, 0.1) is 0 Å². The van der Waals surface area contributed by atoms with Crippen molar-refractivity contribution in [1.82, 2.24) is 0 Å². The third-order valence-corrected chi connectivity index (χ3v) is 2.05. The average molecular weight is 170 g/mol. The van der Waals surface area contributed by atoms with Crippen LogP contribution in [0.3, 0.4) is 0 Å². The van der Waals surface area contributed by atoms with Gasteiger partial charge in [0.05, 0.1) is 0 Å². The molecular formula is C9H12ClN. The molecule has 0 saturated heterocycles. The van der Waals surface area contributed by atoms with Gasteiger partial charge in [-0.15, -0.1) is 11.6 Å². The lowest BCUT2D eigenvalue weighted by molar-refractivity contribution is 1.14. The van der Waals surface area contributed by atoms with Crippen molar-refractivity contribution < 1.29 is 0 Å². The maximum Gasteiger partial charge on any atom is 0.0494 e. The van der Waals surface area contributed by atoms with Crippen molar-refractivity contribution in [3.63, 3.8) is 0 Å². The standard InChI is InChI=1S/C9H12ClN/c1-2-7-3-4-8(6-10)9(11)5-7/h3-5H,2,6,11H2,1H3. The molecule has 1 aromatic rings. The number of benzene rings is 1. The second-order valence-corrected chi connectivity index (χ2v) is 2.79. The first-order valence-electron chi connectivity index (χ1n) is 3.71. The topological polar surface area (TPSA) is 26.0 Å². The third-order valence-electron chi connectivity index (χ3n) is 1.76. The molecule has 0 unspecified atom stereocenters. The maximum absolute atomic E-state index is 5.72. The van der Waals surface area contributed by atoms with E-state index in [2.05, 4.69) is 13.0 Å². The molecule has 0 amide bonds. The zero-order chi connectivity index (χ0) is 8.27. The highest BCUT2D eigenvalue weighted by Gasteiger charge is 1.97. The Morgan fingerprint density at radius 1 is 1.45 bits per heavy atom. The molecule has 0 aromatic heterocycles. The molecule has 60 valence electrons. The van der Waals surface area contributed by atoms with Gasteiger partial charge in [-0.2, -0.15) is 0 Å². The minimum atomic E-state index is 0.496. The van der Waals surface area contributed by atoms with Gasteiger partial charge in [0, 0.05) is 11.6 Å². The Labute approximate surface area is 72.2 Å². The van der Waals surface area contributed by atoms with Gasteiger partial charge in [-0.3, -0.25) is 0 Å². The molecule has 2 heteroatoms. The van der Waals surface area contributed by atoms with Crippen LogP contribution in [0.4, 0.5) is 5.69 Å². The number of aryl methyl sites for hydroxylation is 1. The number of nitrogen functional groups attached to an aromatic ring is 1. The average Bonchev–Trinajstić information content (AvgIpc) is 2.04. The molecule has 0 aliphatic heterocycles. The fourth-order valence-electron chi connectivity index (χ4n) is 0.986. The summed E-state index contributed by atoms with van der Waals surface area (Å²) in [6, 6.07) is 6.03. The van der Waals surface area contributed by atoms with Gasteiger partial charge in [0.2, 0.25) is 0 Å². The van der Waals surface area contributed by atoms with Crippen molar-refractivity contribution in [2.45, 2.75) is 19.2 Å². The normalized spacial score (nSPS) is 10.0. The molecular weight excluding hydrogens is 158 g/mol. The maximum atomic E-state index is 5.72. The molecule has 0 aliphatic carbocycles. The van der Waals surface area contributed by atoms with Gasteiger partial charge in [0.1, 0.15) is 0 Å². The fraction of sp³-hybridized carbons (Fsp3) is 0.333. The SMILES string of the molecule is CCc1ccc(CCl)c(N)c1. The van der Waals surface area contributed by atoms with E-state index < -0.39 is 0 Å². The first-order chi connectivity index (χ1) is 5.27. The van der Waals surface area contributed by atoms with Crippen LogP contribution in [0.1, 0.15) is 18.1 Å². The van der Waals surface area contributed by atoms with Crippen LogP contribution in [0.2, 0.25) is 0 Å². The van der Waals surface area contributed by atoms with Crippen molar-refractivity contribution in [3.8, 4) is 0 Å². The zero-order valence-electron chi connectivity index (χ0n) is 6.60. The molecule has 0 fully saturated rings. The molecule has 1 aromatic carbocycles. The molecule has 1 rings (SSSR count). The first kappa shape index (κ1) is 8.41. The third kappa shape index (κ3) is 1.87. The van der Waals surface area contributed by atoms with Gasteiger partial charge in [-0.1, -0.05) is 19.1 Å². The smallest absolute Gasteiger partial charge is 0.0494 e. The Kier molecular flexibility index (Phi) is 2.77. The van der Waals surface area contributed by atoms with Crippen LogP contribution in [0.5, 0.6) is 0 Å². The molecule has 0 atom stereocenters. The molecule has 0 saturated carbocycles. The lowest BCUT2D eigenvalue weighted by Crippen LogP contribution is -1.93. The van der Waals surface area contributed by atoms with Crippen LogP contribution < -0.4 is 5.73 Å². The Bertz CT molecular complexity index is 245. The van der Waals surface area contributed by atoms with Crippen LogP contribution in [0.15, 0.2) is 18.2 Å². The van der Waals surface area contributed by atoms with Crippen LogP contribution in [0.25, 0.3) is 0 Å². The monoisotopic (exact) mass is 169 g/mol. The van der Waals surface area contributed by atoms with Gasteiger partial charge in [0.25, 0.3) is 0 Å². The molecule has 11 heavy (non-hydrogen) atoms. The van der Waals surface area contributed by atoms with Gasteiger partial charge < -0.3 is 5.73 Å². The Morgan fingerprint density at radius 3 is 2.64 bits per heavy atom. The van der Waals surface area contributed by atoms with Gasteiger partial charge in [-0.25, -0.2) is 0 Å². The van der Waals surface area contributed by atoms with E-state index in [-0.39, 0.29) is 0 Å². The van der Waals surface area contributed by atoms with Crippen LogP contribution >= 0.6 is 11.6 Å². The number of rotatable bonds is 2. The summed E-state index contributed by atoms with van der Waals surface area (Å²) < 4.78 is 0. The number of anilines is 1. The molecule has 0 spiro atoms. The second-order valence-electron chi connectivity index (χ2n) is 2.52. The van der Waals surface area contributed by atoms with E-state index >= 15 is 0 Å². The molecule has 1 nitrogen and oxygen atoms in total. The summed E-state index contributed by atoms with van der Waals surface area (Å²) in [5, 5.41) is 0. The summed E-state index contributed by atoms with van der Waals surface area (Å²) in [5.41, 5.74) is 8.81. The fourth-order valence-corrected chi connectivity index (χ4v) is 1.23. The number of nitrogens with two attached hydrogens (primary N) is 1. The van der Waals surface area contributed by atoms with Crippen molar-refractivity contribution in [1.29, 1.82) is 0 Å². The first-order valence-corrected chi connectivity index (χ1v) is 4.24. The Balaban J connectivity index is 2.99. The number of alkyl halides is 1. The van der Waals surface area contributed by atoms with Gasteiger partial charge in [-0.05, 0) is 23.6 Å². The van der Waals surface area contributed by atoms with Crippen LogP contribution in [-0.2, 0) is 12.3 Å². The van der Waals surface area contributed by atoms with E-state index in [9.17, 15) is 0 Å². The van der Waals surface area contributed by atoms with Crippen molar-refractivity contribution in [2.75, 3.05) is 5.73 Å². The van der Waals surface area contributed by atoms with E-state index in [0.717, 1.165) is 17.7 Å². The lowest BCUT2D eigenvalue weighted by atomic mass is 10.1. The summed E-state index contributed by atoms with van der Waals surface area (Å²) in [4.78, 5) is 0. The van der Waals surface area contributed by atoms with Crippen LogP contribution in [-0.4, -0.2) is 0 Å². The van der Waals surface area contributed by atoms with Gasteiger partial charge >= 0.3 is 0 Å². The van der Waals surface area contributed by atoms with E-state index in [1.54, 1.807) is 0 Å². The van der Waals surface area contributed by atoms with Gasteiger partial charge in [0.15, 0.2) is 0 Å². The summed E-state index contributed by atoms with van der Waals surface area (Å²) in [6.07, 6.45) is 1.02. The zero-order valence-corrected chi connectivity index (χ0v) is 7.36. The second kappa shape index (κ2) is 3.63. The van der Waals surface area contributed by atoms with Crippen molar-refractivity contribution >= 4 is 17.3 Å². The summed E-state index contributed by atoms with van der Waals surface area (Å²) in [5.74, 6) is 0.496. The minimum Gasteiger partial charge on any atom is -0.398 e. The lowest BCUT2D eigenvalue weighted by Gasteiger charge is -2.03. The molecule has 0 bridgehead atoms. The highest BCUT2D eigenvalue weighted by molar-refractivity contribution is 6.17. The van der Waals surface area contributed by atoms with E-state index in [1.807, 2.05) is 12.1 Å². The summed E-state index contributed by atoms with van der Waals surface area (Å²) in [7, 11) is 0. The van der Waals surface area contributed by atoms with E-state index in [0.29, 0.717) is 5.88 Å². The van der Waals surface area contributed by atoms with Crippen molar-refractivity contribution in [3.05, 3.63) is 29.3 Å². The largest absolute Gasteiger partial charge is 0.398 e. The predicted molar refractivity (Wildman–Crippen MR) is 49.8 cm³/mol. The van der Waals surface area contributed by atoms with Crippen molar-refractivity contribution in [2.24, 2.45) is 0 Å². The molecule has 2 N–H and O–H groups in total. The summed E-state index contributed by atoms with van der Waals surface area (Å²) in [6.45, 7) is 2.11. The highest BCUT2D eigenvalue weighted by Crippen LogP contribution is 2.16. The number of hydrogen-bond acceptors (Lipinski definition) is 1. The Hall–Kier alpha value is -0.690. The summed E-state index contributed by atoms with van der Waals surface area (Å²) >= 11 is 5.65. The van der Waals surface area contributed by atoms with E-state index in [4.69, 9.17) is 17.3 Å². The predicted octanol–water partition coefficient (Wildman–Crippen LogP) is 2.57. The number of hydrogen-bond donors (Lipinski definition) is 1. The highest BCUT2D eigenvalue weighted by atomic mass is 35.5. The minimum absolute atomic E-state index is 0.496. The molecule has 0 aliphatic rings. The quantitative estimate of drug-likeness (QED) is 0.535.